The monoisotopic (exact) mass is 341 g/mol. The van der Waals surface area contributed by atoms with Gasteiger partial charge in [0.15, 0.2) is 0 Å². The number of carbonyl (C=O) groups is 1. The Kier molecular flexibility index (Phi) is 4.31. The van der Waals surface area contributed by atoms with Crippen molar-refractivity contribution in [1.82, 2.24) is 4.47 Å². The summed E-state index contributed by atoms with van der Waals surface area (Å²) in [5.41, 5.74) is -0.541. The van der Waals surface area contributed by atoms with Gasteiger partial charge in [0.05, 0.1) is 12.2 Å². The number of rotatable bonds is 4. The first kappa shape index (κ1) is 16.5. The summed E-state index contributed by atoms with van der Waals surface area (Å²) in [5.74, 6) is -2.64. The van der Waals surface area contributed by atoms with Crippen molar-refractivity contribution in [3.05, 3.63) is 23.8 Å². The van der Waals surface area contributed by atoms with E-state index in [1.54, 1.807) is 0 Å². The number of benzene rings is 1. The molecule has 0 saturated carbocycles. The van der Waals surface area contributed by atoms with Gasteiger partial charge in [-0.05, 0) is 24.6 Å². The first-order valence-electron chi connectivity index (χ1n) is 5.90. The van der Waals surface area contributed by atoms with E-state index in [0.29, 0.717) is 17.0 Å². The number of aromatic carboxylic acids is 1. The van der Waals surface area contributed by atoms with Crippen LogP contribution < -0.4 is 4.74 Å². The van der Waals surface area contributed by atoms with Crippen LogP contribution in [0.2, 0.25) is 0 Å². The van der Waals surface area contributed by atoms with Crippen LogP contribution in [0.25, 0.3) is 0 Å². The zero-order valence-electron chi connectivity index (χ0n) is 10.8. The van der Waals surface area contributed by atoms with E-state index in [1.807, 2.05) is 0 Å². The summed E-state index contributed by atoms with van der Waals surface area (Å²) in [5, 5.41) is 8.79. The summed E-state index contributed by atoms with van der Waals surface area (Å²) < 4.78 is 65.9. The highest BCUT2D eigenvalue weighted by molar-refractivity contribution is 7.89. The highest BCUT2D eigenvalue weighted by Gasteiger charge is 2.37. The third-order valence-corrected chi connectivity index (χ3v) is 4.40. The molecule has 1 saturated heterocycles. The van der Waals surface area contributed by atoms with Gasteiger partial charge in [-0.15, -0.1) is 13.2 Å². The Morgan fingerprint density at radius 1 is 1.36 bits per heavy atom. The van der Waals surface area contributed by atoms with Crippen LogP contribution in [0.1, 0.15) is 16.8 Å². The molecule has 1 aromatic carbocycles. The zero-order valence-corrected chi connectivity index (χ0v) is 11.6. The van der Waals surface area contributed by atoms with E-state index < -0.39 is 38.6 Å². The quantitative estimate of drug-likeness (QED) is 0.894. The fourth-order valence-electron chi connectivity index (χ4n) is 1.78. The van der Waals surface area contributed by atoms with Gasteiger partial charge in [0.25, 0.3) is 10.0 Å². The maximum Gasteiger partial charge on any atom is 0.573 e. The molecule has 1 fully saturated rings. The minimum absolute atomic E-state index is 0.0194. The summed E-state index contributed by atoms with van der Waals surface area (Å²) in [6, 6.07) is 2.11. The van der Waals surface area contributed by atoms with Crippen LogP contribution in [0, 0.1) is 0 Å². The van der Waals surface area contributed by atoms with Crippen LogP contribution in [0.4, 0.5) is 13.2 Å². The van der Waals surface area contributed by atoms with Gasteiger partial charge in [-0.25, -0.2) is 13.2 Å². The molecule has 122 valence electrons. The van der Waals surface area contributed by atoms with Gasteiger partial charge in [0.2, 0.25) is 0 Å². The second-order valence-electron chi connectivity index (χ2n) is 4.23. The second kappa shape index (κ2) is 5.74. The molecule has 1 heterocycles. The van der Waals surface area contributed by atoms with Crippen molar-refractivity contribution in [3.8, 4) is 5.75 Å². The number of halogens is 3. The Morgan fingerprint density at radius 3 is 2.55 bits per heavy atom. The lowest BCUT2D eigenvalue weighted by Gasteiger charge is -2.18. The van der Waals surface area contributed by atoms with E-state index in [1.165, 1.54) is 0 Å². The van der Waals surface area contributed by atoms with Gasteiger partial charge in [0, 0.05) is 6.54 Å². The zero-order chi connectivity index (χ0) is 16.5. The number of carboxylic acids is 1. The van der Waals surface area contributed by atoms with Crippen molar-refractivity contribution < 1.29 is 41.1 Å². The van der Waals surface area contributed by atoms with Gasteiger partial charge in [-0.3, -0.25) is 4.84 Å². The Morgan fingerprint density at radius 2 is 2.05 bits per heavy atom. The third-order valence-electron chi connectivity index (χ3n) is 2.68. The van der Waals surface area contributed by atoms with Crippen LogP contribution >= 0.6 is 0 Å². The lowest BCUT2D eigenvalue weighted by atomic mass is 10.2. The Bertz CT molecular complexity index is 682. The van der Waals surface area contributed by atoms with Crippen molar-refractivity contribution in [2.45, 2.75) is 17.7 Å². The van der Waals surface area contributed by atoms with Crippen molar-refractivity contribution >= 4 is 16.0 Å². The molecule has 0 aromatic heterocycles. The maximum atomic E-state index is 12.4. The van der Waals surface area contributed by atoms with Crippen LogP contribution in [0.15, 0.2) is 23.1 Å². The molecule has 0 unspecified atom stereocenters. The van der Waals surface area contributed by atoms with Crippen LogP contribution in [-0.4, -0.2) is 43.5 Å². The molecule has 0 radical (unpaired) electrons. The Balaban J connectivity index is 2.51. The molecule has 0 spiro atoms. The van der Waals surface area contributed by atoms with E-state index >= 15 is 0 Å². The fraction of sp³-hybridized carbons (Fsp3) is 0.364. The number of hydrogen-bond donors (Lipinski definition) is 1. The SMILES string of the molecule is O=C(O)c1ccc(S(=O)(=O)N2CCCO2)c(OC(F)(F)F)c1. The largest absolute Gasteiger partial charge is 0.573 e. The summed E-state index contributed by atoms with van der Waals surface area (Å²) in [6.07, 6.45) is -4.78. The Hall–Kier alpha value is -1.85. The highest BCUT2D eigenvalue weighted by Crippen LogP contribution is 2.33. The molecule has 1 aliphatic rings. The Labute approximate surface area is 122 Å². The van der Waals surface area contributed by atoms with E-state index in [2.05, 4.69) is 4.74 Å². The van der Waals surface area contributed by atoms with Crippen molar-refractivity contribution in [1.29, 1.82) is 0 Å². The highest BCUT2D eigenvalue weighted by atomic mass is 32.2. The molecule has 0 atom stereocenters. The molecule has 11 heteroatoms. The number of ether oxygens (including phenoxy) is 1. The average Bonchev–Trinajstić information content (AvgIpc) is 2.90. The molecule has 0 aliphatic carbocycles. The van der Waals surface area contributed by atoms with E-state index in [9.17, 15) is 26.4 Å². The third kappa shape index (κ3) is 3.48. The predicted molar refractivity (Wildman–Crippen MR) is 64.5 cm³/mol. The summed E-state index contributed by atoms with van der Waals surface area (Å²) >= 11 is 0. The number of hydrogen-bond acceptors (Lipinski definition) is 5. The van der Waals surface area contributed by atoms with Crippen molar-refractivity contribution in [2.24, 2.45) is 0 Å². The molecule has 22 heavy (non-hydrogen) atoms. The van der Waals surface area contributed by atoms with Gasteiger partial charge in [-0.2, -0.15) is 0 Å². The van der Waals surface area contributed by atoms with E-state index in [0.717, 1.165) is 12.1 Å². The summed E-state index contributed by atoms with van der Waals surface area (Å²) in [7, 11) is -4.39. The first-order chi connectivity index (χ1) is 10.1. The molecule has 7 nitrogen and oxygen atoms in total. The number of alkyl halides is 3. The molecule has 1 N–H and O–H groups in total. The molecule has 2 rings (SSSR count). The smallest absolute Gasteiger partial charge is 0.478 e. The molecule has 1 aliphatic heterocycles. The standard InChI is InChI=1S/C11H10F3NO6S/c12-11(13,14)21-8-6-7(10(16)17)2-3-9(8)22(18,19)15-4-1-5-20-15/h2-3,6H,1,4-5H2,(H,16,17). The molecule has 0 amide bonds. The van der Waals surface area contributed by atoms with Gasteiger partial charge < -0.3 is 9.84 Å². The normalized spacial score (nSPS) is 16.7. The molecule has 0 bridgehead atoms. The van der Waals surface area contributed by atoms with Gasteiger partial charge in [-0.1, -0.05) is 4.47 Å². The summed E-state index contributed by atoms with van der Waals surface area (Å²) in [4.78, 5) is 14.8. The van der Waals surface area contributed by atoms with Crippen molar-refractivity contribution in [3.63, 3.8) is 0 Å². The molecule has 1 aromatic rings. The number of hydroxylamine groups is 1. The number of sulfonamides is 1. The fourth-order valence-corrected chi connectivity index (χ4v) is 3.18. The van der Waals surface area contributed by atoms with Gasteiger partial charge in [0.1, 0.15) is 10.6 Å². The van der Waals surface area contributed by atoms with Gasteiger partial charge >= 0.3 is 12.3 Å². The number of carboxylic acid groups (broad SMARTS) is 1. The first-order valence-corrected chi connectivity index (χ1v) is 7.34. The average molecular weight is 341 g/mol. The minimum Gasteiger partial charge on any atom is -0.478 e. The second-order valence-corrected chi connectivity index (χ2v) is 6.03. The van der Waals surface area contributed by atoms with Crippen molar-refractivity contribution in [2.75, 3.05) is 13.2 Å². The van der Waals surface area contributed by atoms with E-state index in [-0.39, 0.29) is 13.2 Å². The predicted octanol–water partition coefficient (Wildman–Crippen LogP) is 1.61. The molecular weight excluding hydrogens is 331 g/mol. The van der Waals surface area contributed by atoms with Crippen LogP contribution in [-0.2, 0) is 14.9 Å². The maximum absolute atomic E-state index is 12.4. The lowest BCUT2D eigenvalue weighted by Crippen LogP contribution is -2.28. The number of nitrogens with zero attached hydrogens (tertiary/aromatic N) is 1. The van der Waals surface area contributed by atoms with Crippen LogP contribution in [0.3, 0.4) is 0 Å². The van der Waals surface area contributed by atoms with Crippen LogP contribution in [0.5, 0.6) is 5.75 Å². The van der Waals surface area contributed by atoms with E-state index in [4.69, 9.17) is 9.94 Å². The topological polar surface area (TPSA) is 93.1 Å². The molecular formula is C11H10F3NO6S. The summed E-state index contributed by atoms with van der Waals surface area (Å²) in [6.45, 7) is 0.0936. The minimum atomic E-state index is -5.17. The lowest BCUT2D eigenvalue weighted by molar-refractivity contribution is -0.275.